The molecule has 0 atom stereocenters. The summed E-state index contributed by atoms with van der Waals surface area (Å²) in [5.41, 5.74) is 5.08. The molecule has 1 heterocycles. The van der Waals surface area contributed by atoms with E-state index < -0.39 is 0 Å². The van der Waals surface area contributed by atoms with E-state index in [4.69, 9.17) is 32.7 Å². The highest BCUT2D eigenvalue weighted by Crippen LogP contribution is 2.36. The van der Waals surface area contributed by atoms with E-state index in [2.05, 4.69) is 20.5 Å². The van der Waals surface area contributed by atoms with Crippen LogP contribution in [0.5, 0.6) is 5.75 Å². The third-order valence-electron chi connectivity index (χ3n) is 5.23. The highest BCUT2D eigenvalue weighted by atomic mass is 79.9. The largest absolute Gasteiger partial charge is 0.488 e. The fourth-order valence-electron chi connectivity index (χ4n) is 3.76. The number of aromatic nitrogens is 1. The Balaban J connectivity index is 1.73. The first-order valence-electron chi connectivity index (χ1n) is 10.7. The lowest BCUT2D eigenvalue weighted by Crippen LogP contribution is -2.07. The third-order valence-corrected chi connectivity index (χ3v) is 6.16. The fraction of sp³-hybridized carbons (Fsp3) is 0.148. The molecule has 0 unspecified atom stereocenters. The summed E-state index contributed by atoms with van der Waals surface area (Å²) in [5.74, 6) is 0.363. The Hall–Kier alpha value is -2.73. The van der Waals surface area contributed by atoms with E-state index in [1.54, 1.807) is 19.1 Å². The molecule has 3 aromatic carbocycles. The van der Waals surface area contributed by atoms with Crippen LogP contribution in [0.1, 0.15) is 28.5 Å². The highest BCUT2D eigenvalue weighted by molar-refractivity contribution is 9.10. The summed E-state index contributed by atoms with van der Waals surface area (Å²) in [6.45, 7) is 4.45. The van der Waals surface area contributed by atoms with Crippen LogP contribution < -0.4 is 4.74 Å². The maximum atomic E-state index is 12.3. The van der Waals surface area contributed by atoms with Crippen molar-refractivity contribution in [1.82, 2.24) is 4.57 Å². The Morgan fingerprint density at radius 2 is 1.74 bits per heavy atom. The first-order valence-corrected chi connectivity index (χ1v) is 12.2. The molecular weight excluding hydrogens is 537 g/mol. The second-order valence-electron chi connectivity index (χ2n) is 7.67. The van der Waals surface area contributed by atoms with Crippen molar-refractivity contribution in [3.63, 3.8) is 0 Å². The van der Waals surface area contributed by atoms with Gasteiger partial charge in [0.2, 0.25) is 0 Å². The van der Waals surface area contributed by atoms with E-state index in [1.807, 2.05) is 67.6 Å². The number of hydrogen-bond acceptors (Lipinski definition) is 3. The zero-order chi connectivity index (χ0) is 24.2. The predicted molar refractivity (Wildman–Crippen MR) is 140 cm³/mol. The molecule has 0 aliphatic carbocycles. The number of hydrogen-bond donors (Lipinski definition) is 0. The highest BCUT2D eigenvalue weighted by Gasteiger charge is 2.16. The molecule has 0 aliphatic heterocycles. The molecule has 4 aromatic rings. The number of rotatable bonds is 7. The third kappa shape index (κ3) is 5.49. The minimum Gasteiger partial charge on any atom is -0.488 e. The molecule has 0 amide bonds. The maximum absolute atomic E-state index is 12.3. The van der Waals surface area contributed by atoms with Gasteiger partial charge in [-0.2, -0.15) is 0 Å². The fourth-order valence-corrected chi connectivity index (χ4v) is 4.69. The van der Waals surface area contributed by atoms with Gasteiger partial charge in [-0.05, 0) is 86.1 Å². The molecule has 7 heteroatoms. The summed E-state index contributed by atoms with van der Waals surface area (Å²) in [4.78, 5) is 12.3. The Morgan fingerprint density at radius 1 is 0.971 bits per heavy atom. The van der Waals surface area contributed by atoms with Crippen molar-refractivity contribution in [3.8, 4) is 22.7 Å². The molecule has 0 bridgehead atoms. The summed E-state index contributed by atoms with van der Waals surface area (Å²) >= 11 is 15.9. The quantitative estimate of drug-likeness (QED) is 0.214. The van der Waals surface area contributed by atoms with Gasteiger partial charge in [-0.25, -0.2) is 4.79 Å². The number of halogens is 3. The van der Waals surface area contributed by atoms with E-state index in [1.165, 1.54) is 0 Å². The van der Waals surface area contributed by atoms with Gasteiger partial charge in [0.05, 0.1) is 17.9 Å². The summed E-state index contributed by atoms with van der Waals surface area (Å²) in [6.07, 6.45) is 0. The van der Waals surface area contributed by atoms with E-state index >= 15 is 0 Å². The van der Waals surface area contributed by atoms with Crippen LogP contribution in [0, 0.1) is 6.92 Å². The molecule has 0 fully saturated rings. The second kappa shape index (κ2) is 10.7. The smallest absolute Gasteiger partial charge is 0.338 e. The summed E-state index contributed by atoms with van der Waals surface area (Å²) in [5, 5.41) is 1.13. The van der Waals surface area contributed by atoms with E-state index in [0.717, 1.165) is 32.7 Å². The molecule has 174 valence electrons. The van der Waals surface area contributed by atoms with Crippen LogP contribution in [-0.2, 0) is 11.3 Å². The van der Waals surface area contributed by atoms with Crippen LogP contribution in [0.3, 0.4) is 0 Å². The van der Waals surface area contributed by atoms with Gasteiger partial charge < -0.3 is 14.0 Å². The molecule has 0 radical (unpaired) electrons. The van der Waals surface area contributed by atoms with Gasteiger partial charge >= 0.3 is 5.97 Å². The molecule has 0 saturated heterocycles. The average Bonchev–Trinajstić information content (AvgIpc) is 3.19. The molecule has 4 nitrogen and oxygen atoms in total. The first kappa shape index (κ1) is 24.4. The Bertz CT molecular complexity index is 1330. The monoisotopic (exact) mass is 557 g/mol. The number of esters is 1. The molecule has 0 saturated carbocycles. The van der Waals surface area contributed by atoms with Crippen molar-refractivity contribution >= 4 is 45.1 Å². The molecule has 34 heavy (non-hydrogen) atoms. The van der Waals surface area contributed by atoms with Crippen LogP contribution in [0.4, 0.5) is 0 Å². The SMILES string of the molecule is CCOC(=O)c1cccc(-n2c(C)ccc2-c2cc(Br)ccc2OCc2cc(Cl)cc(Cl)c2)c1. The van der Waals surface area contributed by atoms with E-state index in [0.29, 0.717) is 34.6 Å². The Morgan fingerprint density at radius 3 is 2.47 bits per heavy atom. The minimum absolute atomic E-state index is 0.312. The first-order chi connectivity index (χ1) is 16.4. The summed E-state index contributed by atoms with van der Waals surface area (Å²) in [6, 6.07) is 22.7. The lowest BCUT2D eigenvalue weighted by molar-refractivity contribution is 0.0526. The van der Waals surface area contributed by atoms with Gasteiger partial charge in [-0.15, -0.1) is 0 Å². The molecular formula is C27H22BrCl2NO3. The van der Waals surface area contributed by atoms with Gasteiger partial charge in [0.25, 0.3) is 0 Å². The zero-order valence-electron chi connectivity index (χ0n) is 18.6. The van der Waals surface area contributed by atoms with Crippen molar-refractivity contribution in [2.45, 2.75) is 20.5 Å². The zero-order valence-corrected chi connectivity index (χ0v) is 21.7. The molecule has 0 N–H and O–H groups in total. The van der Waals surface area contributed by atoms with Crippen molar-refractivity contribution in [3.05, 3.63) is 104 Å². The van der Waals surface area contributed by atoms with Crippen LogP contribution in [0.15, 0.2) is 77.3 Å². The van der Waals surface area contributed by atoms with Crippen LogP contribution in [0.25, 0.3) is 16.9 Å². The summed E-state index contributed by atoms with van der Waals surface area (Å²) in [7, 11) is 0. The topological polar surface area (TPSA) is 40.5 Å². The van der Waals surface area contributed by atoms with Gasteiger partial charge in [0.1, 0.15) is 12.4 Å². The van der Waals surface area contributed by atoms with Gasteiger partial charge in [0, 0.05) is 31.5 Å². The molecule has 4 rings (SSSR count). The predicted octanol–water partition coefficient (Wildman–Crippen LogP) is 8.28. The molecule has 0 spiro atoms. The van der Waals surface area contributed by atoms with Gasteiger partial charge in [-0.3, -0.25) is 0 Å². The number of carbonyl (C=O) groups is 1. The number of aryl methyl sites for hydroxylation is 1. The van der Waals surface area contributed by atoms with Gasteiger partial charge in [0.15, 0.2) is 0 Å². The average molecular weight is 559 g/mol. The lowest BCUT2D eigenvalue weighted by atomic mass is 10.1. The van der Waals surface area contributed by atoms with Crippen LogP contribution in [0.2, 0.25) is 10.0 Å². The van der Waals surface area contributed by atoms with Crippen molar-refractivity contribution in [2.75, 3.05) is 6.61 Å². The molecule has 0 aliphatic rings. The number of benzene rings is 3. The van der Waals surface area contributed by atoms with Gasteiger partial charge in [-0.1, -0.05) is 45.2 Å². The van der Waals surface area contributed by atoms with Crippen molar-refractivity contribution in [2.24, 2.45) is 0 Å². The maximum Gasteiger partial charge on any atom is 0.338 e. The Kier molecular flexibility index (Phi) is 7.67. The Labute approximate surface area is 217 Å². The van der Waals surface area contributed by atoms with E-state index in [9.17, 15) is 4.79 Å². The van der Waals surface area contributed by atoms with Crippen LogP contribution >= 0.6 is 39.1 Å². The number of ether oxygens (including phenoxy) is 2. The standard InChI is InChI=1S/C27H22BrCl2NO3/c1-3-33-27(32)19-5-4-6-23(13-19)31-17(2)7-9-25(31)24-14-20(28)8-10-26(24)34-16-18-11-21(29)15-22(30)12-18/h4-15H,3,16H2,1-2H3. The van der Waals surface area contributed by atoms with E-state index in [-0.39, 0.29) is 5.97 Å². The number of nitrogens with zero attached hydrogens (tertiary/aromatic N) is 1. The molecule has 1 aromatic heterocycles. The summed E-state index contributed by atoms with van der Waals surface area (Å²) < 4.78 is 14.4. The lowest BCUT2D eigenvalue weighted by Gasteiger charge is -2.17. The minimum atomic E-state index is -0.345. The van der Waals surface area contributed by atoms with Crippen LogP contribution in [-0.4, -0.2) is 17.1 Å². The number of carbonyl (C=O) groups excluding carboxylic acids is 1. The second-order valence-corrected chi connectivity index (χ2v) is 9.46. The van der Waals surface area contributed by atoms with Crippen molar-refractivity contribution in [1.29, 1.82) is 0 Å². The normalized spacial score (nSPS) is 10.9. The van der Waals surface area contributed by atoms with Crippen molar-refractivity contribution < 1.29 is 14.3 Å².